The fraction of sp³-hybridized carbons (Fsp3) is 0. The molecule has 28 valence electrons. The van der Waals surface area contributed by atoms with E-state index in [0.29, 0.717) is 0 Å². The van der Waals surface area contributed by atoms with Gasteiger partial charge in [0.25, 0.3) is 0 Å². The number of hydrogen-bond donors (Lipinski definition) is 0. The molecule has 0 N–H and O–H groups in total. The maximum Gasteiger partial charge on any atom is 3.00 e. The molecular formula is H2Al2Na2O3. The van der Waals surface area contributed by atoms with Crippen LogP contribution < -0.4 is 59.1 Å². The van der Waals surface area contributed by atoms with Gasteiger partial charge in [0.05, 0.1) is 0 Å². The molecule has 3 nitrogen and oxygen atoms in total. The first-order valence-corrected chi connectivity index (χ1v) is 0. The van der Waals surface area contributed by atoms with Crippen LogP contribution in [0.4, 0.5) is 0 Å². The Morgan fingerprint density at radius 1 is 0.571 bits per heavy atom. The SMILES string of the molecule is [Al+3].[Al+3].[H-].[H-].[Na+].[Na+].[O-2].[O-2].[O-2]. The minimum absolute atomic E-state index is 0. The largest absolute Gasteiger partial charge is 3.00 e. The van der Waals surface area contributed by atoms with Crippen molar-refractivity contribution in [2.24, 2.45) is 0 Å². The predicted molar refractivity (Wildman–Crippen MR) is 15.8 cm³/mol. The summed E-state index contributed by atoms with van der Waals surface area (Å²) in [6, 6.07) is 0. The van der Waals surface area contributed by atoms with E-state index in [-0.39, 0.29) is 113 Å². The Labute approximate surface area is 111 Å². The number of hydrogen-bond acceptors (Lipinski definition) is 0. The molecular weight excluding hydrogens is 148 g/mol. The van der Waals surface area contributed by atoms with Crippen LogP contribution in [-0.4, -0.2) is 34.7 Å². The third-order valence-electron chi connectivity index (χ3n) is 0. The second-order valence-electron chi connectivity index (χ2n) is 0. The first-order chi connectivity index (χ1) is 0. The zero-order chi connectivity index (χ0) is 0. The third-order valence-corrected chi connectivity index (χ3v) is 0. The molecule has 0 aromatic rings. The molecule has 0 aliphatic rings. The van der Waals surface area contributed by atoms with Gasteiger partial charge in [0.15, 0.2) is 0 Å². The first kappa shape index (κ1) is 91.7. The zero-order valence-corrected chi connectivity index (χ0v) is 10.7. The Morgan fingerprint density at radius 2 is 0.571 bits per heavy atom. The quantitative estimate of drug-likeness (QED) is 0.307. The van der Waals surface area contributed by atoms with E-state index < -0.39 is 0 Å². The summed E-state index contributed by atoms with van der Waals surface area (Å²) >= 11 is 0. The molecule has 0 aliphatic heterocycles. The Hall–Kier alpha value is 2.94. The van der Waals surface area contributed by atoms with E-state index in [1.54, 1.807) is 0 Å². The van der Waals surface area contributed by atoms with Crippen LogP contribution in [-0.2, 0) is 16.4 Å². The summed E-state index contributed by atoms with van der Waals surface area (Å²) in [5.74, 6) is 0. The molecule has 0 bridgehead atoms. The molecule has 0 saturated heterocycles. The monoisotopic (exact) mass is 150 g/mol. The van der Waals surface area contributed by atoms with Gasteiger partial charge in [0.1, 0.15) is 0 Å². The molecule has 7 heteroatoms. The van der Waals surface area contributed by atoms with E-state index in [4.69, 9.17) is 0 Å². The van der Waals surface area contributed by atoms with Crippen LogP contribution in [0.2, 0.25) is 0 Å². The van der Waals surface area contributed by atoms with E-state index in [0.717, 1.165) is 0 Å². The maximum atomic E-state index is 0. The molecule has 0 radical (unpaired) electrons. The predicted octanol–water partition coefficient (Wildman–Crippen LogP) is -6.89. The van der Waals surface area contributed by atoms with Crippen molar-refractivity contribution >= 4 is 34.7 Å². The average molecular weight is 150 g/mol. The van der Waals surface area contributed by atoms with Gasteiger partial charge in [0.2, 0.25) is 0 Å². The van der Waals surface area contributed by atoms with Crippen LogP contribution in [0.15, 0.2) is 0 Å². The van der Waals surface area contributed by atoms with Crippen molar-refractivity contribution in [3.05, 3.63) is 0 Å². The average Bonchev–Trinajstić information content (AvgIpc) is 0. The number of rotatable bonds is 0. The van der Waals surface area contributed by atoms with Crippen LogP contribution in [0.1, 0.15) is 2.85 Å². The van der Waals surface area contributed by atoms with Crippen molar-refractivity contribution in [1.82, 2.24) is 0 Å². The molecule has 0 atom stereocenters. The van der Waals surface area contributed by atoms with E-state index in [1.165, 1.54) is 0 Å². The molecule has 0 fully saturated rings. The van der Waals surface area contributed by atoms with Crippen LogP contribution in [0.3, 0.4) is 0 Å². The van der Waals surface area contributed by atoms with Gasteiger partial charge >= 0.3 is 93.8 Å². The first-order valence-electron chi connectivity index (χ1n) is 0. The van der Waals surface area contributed by atoms with Gasteiger partial charge in [-0.25, -0.2) is 0 Å². The summed E-state index contributed by atoms with van der Waals surface area (Å²) in [5.41, 5.74) is 0. The summed E-state index contributed by atoms with van der Waals surface area (Å²) in [6.45, 7) is 0. The van der Waals surface area contributed by atoms with Crippen molar-refractivity contribution in [3.8, 4) is 0 Å². The molecule has 7 heavy (non-hydrogen) atoms. The van der Waals surface area contributed by atoms with Crippen LogP contribution in [0.25, 0.3) is 0 Å². The third kappa shape index (κ3) is 49.7. The van der Waals surface area contributed by atoms with Gasteiger partial charge < -0.3 is 19.3 Å². The Balaban J connectivity index is 0. The smallest absolute Gasteiger partial charge is 2.00 e. The molecule has 0 heterocycles. The summed E-state index contributed by atoms with van der Waals surface area (Å²) < 4.78 is 0. The Bertz CT molecular complexity index is 17.8. The zero-order valence-electron chi connectivity index (χ0n) is 6.38. The topological polar surface area (TPSA) is 85.5 Å². The van der Waals surface area contributed by atoms with Crippen molar-refractivity contribution in [1.29, 1.82) is 0 Å². The van der Waals surface area contributed by atoms with Gasteiger partial charge in [-0.05, 0) is 0 Å². The maximum absolute atomic E-state index is 0. The second kappa shape index (κ2) is 65.1. The van der Waals surface area contributed by atoms with Crippen LogP contribution in [0, 0.1) is 0 Å². The molecule has 0 spiro atoms. The molecule has 0 aromatic carbocycles. The summed E-state index contributed by atoms with van der Waals surface area (Å²) in [7, 11) is 0. The van der Waals surface area contributed by atoms with Crippen molar-refractivity contribution in [3.63, 3.8) is 0 Å². The van der Waals surface area contributed by atoms with E-state index in [9.17, 15) is 0 Å². The van der Waals surface area contributed by atoms with Gasteiger partial charge in [-0.15, -0.1) is 0 Å². The van der Waals surface area contributed by atoms with E-state index in [1.807, 2.05) is 0 Å². The van der Waals surface area contributed by atoms with Crippen LogP contribution >= 0.6 is 0 Å². The fourth-order valence-electron chi connectivity index (χ4n) is 0. The van der Waals surface area contributed by atoms with E-state index >= 15 is 0 Å². The molecule has 0 unspecified atom stereocenters. The van der Waals surface area contributed by atoms with Gasteiger partial charge in [0, 0.05) is 0 Å². The summed E-state index contributed by atoms with van der Waals surface area (Å²) in [6.07, 6.45) is 0. The Morgan fingerprint density at radius 3 is 0.571 bits per heavy atom. The van der Waals surface area contributed by atoms with Gasteiger partial charge in [-0.2, -0.15) is 0 Å². The second-order valence-corrected chi connectivity index (χ2v) is 0. The van der Waals surface area contributed by atoms with Crippen LogP contribution in [0.5, 0.6) is 0 Å². The van der Waals surface area contributed by atoms with Crippen molar-refractivity contribution in [2.75, 3.05) is 0 Å². The van der Waals surface area contributed by atoms with E-state index in [2.05, 4.69) is 0 Å². The molecule has 0 saturated carbocycles. The molecule has 0 amide bonds. The van der Waals surface area contributed by atoms with Gasteiger partial charge in [-0.1, -0.05) is 0 Å². The van der Waals surface area contributed by atoms with Gasteiger partial charge in [-0.3, -0.25) is 0 Å². The summed E-state index contributed by atoms with van der Waals surface area (Å²) in [5, 5.41) is 0. The van der Waals surface area contributed by atoms with Crippen molar-refractivity contribution in [2.45, 2.75) is 0 Å². The molecule has 0 rings (SSSR count). The summed E-state index contributed by atoms with van der Waals surface area (Å²) in [4.78, 5) is 0. The Kier molecular flexibility index (Phi) is 853. The van der Waals surface area contributed by atoms with Crippen molar-refractivity contribution < 1.29 is 78.4 Å². The minimum Gasteiger partial charge on any atom is -2.00 e. The fourth-order valence-corrected chi connectivity index (χ4v) is 0. The standard InChI is InChI=1S/2Al.2Na.3O.2H/q2*+3;2*+1;3*-2;2*-1. The molecule has 0 aliphatic carbocycles. The normalized spacial score (nSPS) is 0. The molecule has 0 aromatic heterocycles. The minimum atomic E-state index is 0.